The van der Waals surface area contributed by atoms with Crippen molar-refractivity contribution in [2.24, 2.45) is 16.0 Å². The van der Waals surface area contributed by atoms with Crippen LogP contribution in [0.2, 0.25) is 0 Å². The Labute approximate surface area is 98.0 Å². The fraction of sp³-hybridized carbons (Fsp3) is 0.125. The maximum atomic E-state index is 11.0. The molecule has 8 nitrogen and oxygen atoms in total. The largest absolute Gasteiger partial charge is 0.495 e. The van der Waals surface area contributed by atoms with Gasteiger partial charge in [-0.25, -0.2) is 5.14 Å². The highest BCUT2D eigenvalue weighted by Gasteiger charge is 2.15. The molecular formula is C8H12N4O4S. The minimum absolute atomic E-state index is 0.00722. The second-order valence-electron chi connectivity index (χ2n) is 3.02. The first kappa shape index (κ1) is 13.1. The minimum Gasteiger partial charge on any atom is -0.495 e. The molecule has 9 heteroatoms. The number of nitrogens with zero attached hydrogens (tertiary/aromatic N) is 1. The van der Waals surface area contributed by atoms with Gasteiger partial charge in [-0.3, -0.25) is 4.72 Å². The van der Waals surface area contributed by atoms with Crippen molar-refractivity contribution < 1.29 is 18.4 Å². The van der Waals surface area contributed by atoms with Crippen molar-refractivity contribution in [3.05, 3.63) is 23.8 Å². The van der Waals surface area contributed by atoms with Gasteiger partial charge in [-0.05, 0) is 12.1 Å². The number of ether oxygens (including phenoxy) is 1. The average molecular weight is 260 g/mol. The number of methoxy groups -OCH3 is 1. The molecule has 0 bridgehead atoms. The summed E-state index contributed by atoms with van der Waals surface area (Å²) in [5.41, 5.74) is 5.57. The van der Waals surface area contributed by atoms with Crippen LogP contribution in [0.25, 0.3) is 0 Å². The van der Waals surface area contributed by atoms with Gasteiger partial charge in [-0.2, -0.15) is 8.42 Å². The first-order valence-corrected chi connectivity index (χ1v) is 5.89. The molecule has 6 N–H and O–H groups in total. The number of anilines is 1. The average Bonchev–Trinajstić information content (AvgIpc) is 2.26. The van der Waals surface area contributed by atoms with Gasteiger partial charge in [0.1, 0.15) is 11.4 Å². The topological polar surface area (TPSA) is 140 Å². The van der Waals surface area contributed by atoms with E-state index in [0.717, 1.165) is 0 Å². The first-order valence-electron chi connectivity index (χ1n) is 4.34. The summed E-state index contributed by atoms with van der Waals surface area (Å²) in [7, 11) is -2.65. The van der Waals surface area contributed by atoms with Crippen LogP contribution >= 0.6 is 0 Å². The molecule has 1 aromatic rings. The molecule has 0 aliphatic carbocycles. The van der Waals surface area contributed by atoms with Gasteiger partial charge in [0.05, 0.1) is 7.11 Å². The van der Waals surface area contributed by atoms with Gasteiger partial charge in [-0.1, -0.05) is 11.2 Å². The number of hydrogen-bond acceptors (Lipinski definition) is 5. The maximum Gasteiger partial charge on any atom is 0.296 e. The van der Waals surface area contributed by atoms with Gasteiger partial charge in [0, 0.05) is 5.56 Å². The molecule has 0 saturated carbocycles. The van der Waals surface area contributed by atoms with Crippen molar-refractivity contribution in [3.8, 4) is 5.75 Å². The van der Waals surface area contributed by atoms with Gasteiger partial charge in [0.15, 0.2) is 5.84 Å². The molecule has 0 spiro atoms. The van der Waals surface area contributed by atoms with E-state index in [9.17, 15) is 8.42 Å². The monoisotopic (exact) mass is 260 g/mol. The lowest BCUT2D eigenvalue weighted by Crippen LogP contribution is -2.25. The molecule has 0 radical (unpaired) electrons. The fourth-order valence-electron chi connectivity index (χ4n) is 1.22. The predicted molar refractivity (Wildman–Crippen MR) is 62.2 cm³/mol. The van der Waals surface area contributed by atoms with E-state index in [2.05, 4.69) is 5.16 Å². The Kier molecular flexibility index (Phi) is 3.76. The molecule has 1 rings (SSSR count). The van der Waals surface area contributed by atoms with Crippen LogP contribution in [0, 0.1) is 0 Å². The molecule has 0 aliphatic rings. The second kappa shape index (κ2) is 4.89. The summed E-state index contributed by atoms with van der Waals surface area (Å²) in [6.07, 6.45) is 0. The zero-order valence-electron chi connectivity index (χ0n) is 8.91. The molecule has 94 valence electrons. The third kappa shape index (κ3) is 3.23. The summed E-state index contributed by atoms with van der Waals surface area (Å²) in [5.74, 6) is -0.0711. The normalized spacial score (nSPS) is 12.2. The van der Waals surface area contributed by atoms with Crippen molar-refractivity contribution in [1.82, 2.24) is 0 Å². The quantitative estimate of drug-likeness (QED) is 0.248. The van der Waals surface area contributed by atoms with Gasteiger partial charge >= 0.3 is 0 Å². The second-order valence-corrected chi connectivity index (χ2v) is 4.31. The molecular weight excluding hydrogens is 248 g/mol. The van der Waals surface area contributed by atoms with E-state index in [4.69, 9.17) is 20.8 Å². The molecule has 0 heterocycles. The highest BCUT2D eigenvalue weighted by molar-refractivity contribution is 7.90. The highest BCUT2D eigenvalue weighted by atomic mass is 32.2. The number of amidine groups is 1. The number of nitrogens with one attached hydrogen (secondary N) is 1. The van der Waals surface area contributed by atoms with Crippen LogP contribution in [0.15, 0.2) is 23.4 Å². The lowest BCUT2D eigenvalue weighted by atomic mass is 10.1. The van der Waals surface area contributed by atoms with Crippen molar-refractivity contribution in [2.45, 2.75) is 0 Å². The van der Waals surface area contributed by atoms with Gasteiger partial charge in [0.2, 0.25) is 0 Å². The standard InChI is InChI=1S/C8H12N4O4S/c1-16-6-4-2-3-5(8(9)11-13)7(6)12-17(10,14)15/h2-4,12-13H,1H3,(H2,9,11)(H2,10,14,15). The van der Waals surface area contributed by atoms with Gasteiger partial charge in [0.25, 0.3) is 10.2 Å². The maximum absolute atomic E-state index is 11.0. The summed E-state index contributed by atoms with van der Waals surface area (Å²) in [4.78, 5) is 0. The highest BCUT2D eigenvalue weighted by Crippen LogP contribution is 2.28. The van der Waals surface area contributed by atoms with Gasteiger partial charge in [-0.15, -0.1) is 0 Å². The van der Waals surface area contributed by atoms with E-state index in [0.29, 0.717) is 0 Å². The van der Waals surface area contributed by atoms with Crippen LogP contribution < -0.4 is 20.3 Å². The Morgan fingerprint density at radius 1 is 1.53 bits per heavy atom. The number of rotatable bonds is 4. The molecule has 17 heavy (non-hydrogen) atoms. The number of hydrogen-bond donors (Lipinski definition) is 4. The molecule has 1 aromatic carbocycles. The zero-order chi connectivity index (χ0) is 13.1. The Hall–Kier alpha value is -2.00. The molecule has 0 fully saturated rings. The Morgan fingerprint density at radius 3 is 2.65 bits per heavy atom. The number of nitrogens with two attached hydrogens (primary N) is 2. The minimum atomic E-state index is -4.00. The smallest absolute Gasteiger partial charge is 0.296 e. The van der Waals surface area contributed by atoms with E-state index < -0.39 is 10.2 Å². The zero-order valence-corrected chi connectivity index (χ0v) is 9.73. The van der Waals surface area contributed by atoms with E-state index in [-0.39, 0.29) is 22.8 Å². The van der Waals surface area contributed by atoms with Crippen LogP contribution in [0.4, 0.5) is 5.69 Å². The fourth-order valence-corrected chi connectivity index (χ4v) is 1.71. The molecule has 0 aliphatic heterocycles. The van der Waals surface area contributed by atoms with Crippen LogP contribution in [-0.2, 0) is 10.2 Å². The molecule has 0 aromatic heterocycles. The number of para-hydroxylation sites is 1. The summed E-state index contributed by atoms with van der Waals surface area (Å²) >= 11 is 0. The number of benzene rings is 1. The summed E-state index contributed by atoms with van der Waals surface area (Å²) in [6.45, 7) is 0. The van der Waals surface area contributed by atoms with Crippen molar-refractivity contribution in [3.63, 3.8) is 0 Å². The van der Waals surface area contributed by atoms with Gasteiger partial charge < -0.3 is 15.7 Å². The lowest BCUT2D eigenvalue weighted by Gasteiger charge is -2.13. The van der Waals surface area contributed by atoms with Crippen LogP contribution in [0.1, 0.15) is 5.56 Å². The Bertz CT molecular complexity index is 540. The molecule has 0 saturated heterocycles. The molecule has 0 amide bonds. The van der Waals surface area contributed by atoms with E-state index in [1.807, 2.05) is 4.72 Å². The third-order valence-corrected chi connectivity index (χ3v) is 2.36. The summed E-state index contributed by atoms with van der Waals surface area (Å²) < 4.78 is 29.0. The summed E-state index contributed by atoms with van der Waals surface area (Å²) in [5, 5.41) is 16.2. The van der Waals surface area contributed by atoms with E-state index >= 15 is 0 Å². The van der Waals surface area contributed by atoms with Crippen molar-refractivity contribution in [2.75, 3.05) is 11.8 Å². The van der Waals surface area contributed by atoms with Crippen molar-refractivity contribution >= 4 is 21.7 Å². The first-order chi connectivity index (χ1) is 7.89. The van der Waals surface area contributed by atoms with Crippen LogP contribution in [0.5, 0.6) is 5.75 Å². The summed E-state index contributed by atoms with van der Waals surface area (Å²) in [6, 6.07) is 4.51. The number of oxime groups is 1. The predicted octanol–water partition coefficient (Wildman–Crippen LogP) is -0.595. The Morgan fingerprint density at radius 2 is 2.18 bits per heavy atom. The Balaban J connectivity index is 3.41. The third-order valence-electron chi connectivity index (χ3n) is 1.87. The van der Waals surface area contributed by atoms with Crippen molar-refractivity contribution in [1.29, 1.82) is 0 Å². The SMILES string of the molecule is COc1cccc(/C(N)=N/O)c1NS(N)(=O)=O. The van der Waals surface area contributed by atoms with Crippen LogP contribution in [0.3, 0.4) is 0 Å². The van der Waals surface area contributed by atoms with E-state index in [1.54, 1.807) is 6.07 Å². The lowest BCUT2D eigenvalue weighted by molar-refractivity contribution is 0.318. The molecule has 0 atom stereocenters. The van der Waals surface area contributed by atoms with E-state index in [1.165, 1.54) is 19.2 Å². The molecule has 0 unspecified atom stereocenters. The van der Waals surface area contributed by atoms with Crippen LogP contribution in [-0.4, -0.2) is 26.6 Å².